The van der Waals surface area contributed by atoms with Gasteiger partial charge in [-0.2, -0.15) is 0 Å². The van der Waals surface area contributed by atoms with Crippen molar-refractivity contribution in [3.05, 3.63) is 29.3 Å². The van der Waals surface area contributed by atoms with Crippen LogP contribution in [-0.4, -0.2) is 51.9 Å². The number of aryl methyl sites for hydroxylation is 2. The summed E-state index contributed by atoms with van der Waals surface area (Å²) in [6.45, 7) is 5.75. The Morgan fingerprint density at radius 3 is 2.54 bits per heavy atom. The second kappa shape index (κ2) is 8.09. The van der Waals surface area contributed by atoms with E-state index in [1.807, 2.05) is 13.0 Å². The topological polar surface area (TPSA) is 78.5 Å². The van der Waals surface area contributed by atoms with Gasteiger partial charge < -0.3 is 10.2 Å². The summed E-state index contributed by atoms with van der Waals surface area (Å²) in [4.78, 5) is 14.5. The van der Waals surface area contributed by atoms with Crippen molar-refractivity contribution in [2.75, 3.05) is 26.7 Å². The average molecular weight is 353 g/mol. The number of rotatable bonds is 6. The third-order valence-electron chi connectivity index (χ3n) is 4.35. The Labute approximate surface area is 144 Å². The Balaban J connectivity index is 1.81. The molecule has 134 valence electrons. The Morgan fingerprint density at radius 2 is 1.92 bits per heavy atom. The Morgan fingerprint density at radius 1 is 1.25 bits per heavy atom. The molecule has 1 aromatic carbocycles. The molecule has 0 saturated carbocycles. The van der Waals surface area contributed by atoms with Crippen LogP contribution in [-0.2, 0) is 14.8 Å². The number of carbonyl (C=O) groups excluding carboxylic acids is 1. The van der Waals surface area contributed by atoms with Crippen molar-refractivity contribution in [2.24, 2.45) is 0 Å². The standard InChI is InChI=1S/C17H27N3O3S/c1-13-4-5-16(14(2)12-13)24(22,23)18-9-6-17(21)19-15-7-10-20(3)11-8-15/h4-5,12,15,18H,6-11H2,1-3H3,(H,19,21). The third-order valence-corrected chi connectivity index (χ3v) is 5.97. The van der Waals surface area contributed by atoms with E-state index in [9.17, 15) is 13.2 Å². The fourth-order valence-corrected chi connectivity index (χ4v) is 4.19. The van der Waals surface area contributed by atoms with Gasteiger partial charge in [-0.15, -0.1) is 0 Å². The van der Waals surface area contributed by atoms with Crippen molar-refractivity contribution in [2.45, 2.75) is 44.0 Å². The summed E-state index contributed by atoms with van der Waals surface area (Å²) in [6.07, 6.45) is 2.03. The van der Waals surface area contributed by atoms with Crippen LogP contribution < -0.4 is 10.0 Å². The van der Waals surface area contributed by atoms with Crippen LogP contribution in [0.25, 0.3) is 0 Å². The zero-order valence-electron chi connectivity index (χ0n) is 14.6. The minimum atomic E-state index is -3.58. The molecule has 24 heavy (non-hydrogen) atoms. The van der Waals surface area contributed by atoms with E-state index < -0.39 is 10.0 Å². The lowest BCUT2D eigenvalue weighted by Gasteiger charge is -2.29. The monoisotopic (exact) mass is 353 g/mol. The molecule has 1 amide bonds. The van der Waals surface area contributed by atoms with Crippen LogP contribution in [0.2, 0.25) is 0 Å². The second-order valence-corrected chi connectivity index (χ2v) is 8.30. The maximum absolute atomic E-state index is 12.3. The lowest BCUT2D eigenvalue weighted by atomic mass is 10.1. The van der Waals surface area contributed by atoms with Crippen molar-refractivity contribution in [3.63, 3.8) is 0 Å². The Kier molecular flexibility index (Phi) is 6.37. The number of hydrogen-bond donors (Lipinski definition) is 2. The highest BCUT2D eigenvalue weighted by atomic mass is 32.2. The van der Waals surface area contributed by atoms with Crippen molar-refractivity contribution >= 4 is 15.9 Å². The summed E-state index contributed by atoms with van der Waals surface area (Å²) in [5.41, 5.74) is 1.72. The minimum absolute atomic E-state index is 0.104. The van der Waals surface area contributed by atoms with Crippen molar-refractivity contribution in [1.82, 2.24) is 14.9 Å². The van der Waals surface area contributed by atoms with Gasteiger partial charge in [-0.05, 0) is 58.5 Å². The highest BCUT2D eigenvalue weighted by Gasteiger charge is 2.19. The summed E-state index contributed by atoms with van der Waals surface area (Å²) in [6, 6.07) is 5.41. The molecule has 0 aromatic heterocycles. The molecule has 1 aliphatic rings. The number of nitrogens with zero attached hydrogens (tertiary/aromatic N) is 1. The zero-order valence-corrected chi connectivity index (χ0v) is 15.4. The SMILES string of the molecule is Cc1ccc(S(=O)(=O)NCCC(=O)NC2CCN(C)CC2)c(C)c1. The first-order valence-electron chi connectivity index (χ1n) is 8.33. The van der Waals surface area contributed by atoms with E-state index >= 15 is 0 Å². The minimum Gasteiger partial charge on any atom is -0.353 e. The summed E-state index contributed by atoms with van der Waals surface area (Å²) < 4.78 is 27.2. The molecule has 1 heterocycles. The number of amides is 1. The van der Waals surface area contributed by atoms with Crippen molar-refractivity contribution in [3.8, 4) is 0 Å². The van der Waals surface area contributed by atoms with Crippen LogP contribution in [0.1, 0.15) is 30.4 Å². The van der Waals surface area contributed by atoms with Gasteiger partial charge in [0, 0.05) is 19.0 Å². The molecular weight excluding hydrogens is 326 g/mol. The molecule has 7 heteroatoms. The van der Waals surface area contributed by atoms with Crippen LogP contribution in [0.5, 0.6) is 0 Å². The predicted octanol–water partition coefficient (Wildman–Crippen LogP) is 1.18. The number of likely N-dealkylation sites (tertiary alicyclic amines) is 1. The van der Waals surface area contributed by atoms with E-state index in [0.717, 1.165) is 31.5 Å². The smallest absolute Gasteiger partial charge is 0.240 e. The normalized spacial score (nSPS) is 17.0. The van der Waals surface area contributed by atoms with Gasteiger partial charge in [0.2, 0.25) is 15.9 Å². The fraction of sp³-hybridized carbons (Fsp3) is 0.588. The number of benzene rings is 1. The van der Waals surface area contributed by atoms with E-state index in [1.54, 1.807) is 19.1 Å². The number of carbonyl (C=O) groups is 1. The molecule has 0 radical (unpaired) electrons. The molecule has 1 fully saturated rings. The Bertz CT molecular complexity index is 680. The van der Waals surface area contributed by atoms with Gasteiger partial charge in [0.05, 0.1) is 4.90 Å². The molecule has 6 nitrogen and oxygen atoms in total. The molecular formula is C17H27N3O3S. The van der Waals surface area contributed by atoms with Crippen molar-refractivity contribution < 1.29 is 13.2 Å². The highest BCUT2D eigenvalue weighted by molar-refractivity contribution is 7.89. The summed E-state index contributed by atoms with van der Waals surface area (Å²) in [5, 5.41) is 2.98. The van der Waals surface area contributed by atoms with Crippen LogP contribution >= 0.6 is 0 Å². The largest absolute Gasteiger partial charge is 0.353 e. The summed E-state index contributed by atoms with van der Waals surface area (Å²) >= 11 is 0. The predicted molar refractivity (Wildman–Crippen MR) is 94.4 cm³/mol. The number of hydrogen-bond acceptors (Lipinski definition) is 4. The molecule has 2 N–H and O–H groups in total. The lowest BCUT2D eigenvalue weighted by Crippen LogP contribution is -2.44. The van der Waals surface area contributed by atoms with E-state index in [0.29, 0.717) is 5.56 Å². The maximum atomic E-state index is 12.3. The Hall–Kier alpha value is -1.44. The van der Waals surface area contributed by atoms with Gasteiger partial charge in [0.25, 0.3) is 0 Å². The summed E-state index contributed by atoms with van der Waals surface area (Å²) in [5.74, 6) is -0.104. The maximum Gasteiger partial charge on any atom is 0.240 e. The number of piperidine rings is 1. The molecule has 0 spiro atoms. The lowest BCUT2D eigenvalue weighted by molar-refractivity contribution is -0.121. The quantitative estimate of drug-likeness (QED) is 0.805. The van der Waals surface area contributed by atoms with E-state index in [2.05, 4.69) is 22.0 Å². The highest BCUT2D eigenvalue weighted by Crippen LogP contribution is 2.16. The van der Waals surface area contributed by atoms with Crippen LogP contribution in [0.4, 0.5) is 0 Å². The van der Waals surface area contributed by atoms with Gasteiger partial charge in [-0.25, -0.2) is 13.1 Å². The summed E-state index contributed by atoms with van der Waals surface area (Å²) in [7, 11) is -1.51. The molecule has 0 unspecified atom stereocenters. The average Bonchev–Trinajstić information content (AvgIpc) is 2.49. The van der Waals surface area contributed by atoms with Gasteiger partial charge in [0.15, 0.2) is 0 Å². The van der Waals surface area contributed by atoms with Gasteiger partial charge in [-0.1, -0.05) is 17.7 Å². The van der Waals surface area contributed by atoms with Crippen LogP contribution in [0.3, 0.4) is 0 Å². The van der Waals surface area contributed by atoms with E-state index in [4.69, 9.17) is 0 Å². The first kappa shape index (κ1) is 18.9. The van der Waals surface area contributed by atoms with Gasteiger partial charge in [0.1, 0.15) is 0 Å². The van der Waals surface area contributed by atoms with Crippen molar-refractivity contribution in [1.29, 1.82) is 0 Å². The zero-order chi connectivity index (χ0) is 17.7. The van der Waals surface area contributed by atoms with Crippen LogP contribution in [0, 0.1) is 13.8 Å². The molecule has 0 atom stereocenters. The molecule has 2 rings (SSSR count). The van der Waals surface area contributed by atoms with Crippen LogP contribution in [0.15, 0.2) is 23.1 Å². The first-order valence-corrected chi connectivity index (χ1v) is 9.81. The number of nitrogens with one attached hydrogen (secondary N) is 2. The first-order chi connectivity index (χ1) is 11.3. The second-order valence-electron chi connectivity index (χ2n) is 6.56. The molecule has 0 bridgehead atoms. The van der Waals surface area contributed by atoms with Gasteiger partial charge >= 0.3 is 0 Å². The molecule has 1 aromatic rings. The molecule has 1 saturated heterocycles. The third kappa shape index (κ3) is 5.29. The molecule has 0 aliphatic carbocycles. The molecule has 1 aliphatic heterocycles. The number of sulfonamides is 1. The van der Waals surface area contributed by atoms with Gasteiger partial charge in [-0.3, -0.25) is 4.79 Å². The van der Waals surface area contributed by atoms with E-state index in [-0.39, 0.29) is 29.8 Å². The fourth-order valence-electron chi connectivity index (χ4n) is 2.93. The van der Waals surface area contributed by atoms with E-state index in [1.165, 1.54) is 0 Å².